The molecule has 3 aliphatic heterocycles. The molecule has 7 nitrogen and oxygen atoms in total. The van der Waals surface area contributed by atoms with Crippen molar-refractivity contribution in [2.75, 3.05) is 58.0 Å². The van der Waals surface area contributed by atoms with Gasteiger partial charge in [-0.1, -0.05) is 30.4 Å². The van der Waals surface area contributed by atoms with Gasteiger partial charge < -0.3 is 24.6 Å². The second-order valence-corrected chi connectivity index (χ2v) is 8.39. The van der Waals surface area contributed by atoms with E-state index in [4.69, 9.17) is 9.47 Å². The van der Waals surface area contributed by atoms with Gasteiger partial charge in [-0.15, -0.1) is 0 Å². The van der Waals surface area contributed by atoms with Crippen LogP contribution in [0.1, 0.15) is 11.1 Å². The fourth-order valence-electron chi connectivity index (χ4n) is 4.44. The Morgan fingerprint density at radius 3 is 2.38 bits per heavy atom. The van der Waals surface area contributed by atoms with Crippen LogP contribution in [-0.2, 0) is 13.1 Å². The van der Waals surface area contributed by atoms with Crippen molar-refractivity contribution in [1.82, 2.24) is 15.1 Å². The fourth-order valence-corrected chi connectivity index (χ4v) is 4.44. The molecule has 168 valence electrons. The van der Waals surface area contributed by atoms with Crippen molar-refractivity contribution in [2.24, 2.45) is 4.99 Å². The first-order valence-corrected chi connectivity index (χ1v) is 11.3. The van der Waals surface area contributed by atoms with Crippen LogP contribution in [0.3, 0.4) is 0 Å². The maximum atomic E-state index is 5.51. The Labute approximate surface area is 189 Å². The molecular weight excluding hydrogens is 402 g/mol. The van der Waals surface area contributed by atoms with Gasteiger partial charge in [0.2, 0.25) is 6.79 Å². The van der Waals surface area contributed by atoms with Gasteiger partial charge in [0.15, 0.2) is 17.5 Å². The van der Waals surface area contributed by atoms with Crippen LogP contribution in [0.5, 0.6) is 11.5 Å². The lowest BCUT2D eigenvalue weighted by Crippen LogP contribution is -2.52. The van der Waals surface area contributed by atoms with Crippen molar-refractivity contribution >= 4 is 11.6 Å². The fraction of sp³-hybridized carbons (Fsp3) is 0.400. The van der Waals surface area contributed by atoms with Crippen molar-refractivity contribution in [3.8, 4) is 11.5 Å². The number of benzene rings is 2. The summed E-state index contributed by atoms with van der Waals surface area (Å²) < 4.78 is 10.9. The Balaban J connectivity index is 1.09. The molecule has 7 heteroatoms. The van der Waals surface area contributed by atoms with E-state index in [1.54, 1.807) is 0 Å². The molecule has 32 heavy (non-hydrogen) atoms. The van der Waals surface area contributed by atoms with E-state index in [1.807, 2.05) is 13.1 Å². The molecule has 0 saturated carbocycles. The van der Waals surface area contributed by atoms with E-state index in [9.17, 15) is 0 Å². The molecule has 1 saturated heterocycles. The first-order chi connectivity index (χ1) is 15.8. The largest absolute Gasteiger partial charge is 0.454 e. The maximum Gasteiger partial charge on any atom is 0.231 e. The minimum absolute atomic E-state index is 0.323. The van der Waals surface area contributed by atoms with Crippen LogP contribution in [-0.4, -0.2) is 68.9 Å². The number of piperazine rings is 1. The number of rotatable bonds is 5. The summed E-state index contributed by atoms with van der Waals surface area (Å²) >= 11 is 0. The number of nitrogens with one attached hydrogen (secondary N) is 1. The van der Waals surface area contributed by atoms with E-state index in [-0.39, 0.29) is 0 Å². The van der Waals surface area contributed by atoms with Gasteiger partial charge in [-0.05, 0) is 35.4 Å². The highest BCUT2D eigenvalue weighted by Gasteiger charge is 2.21. The van der Waals surface area contributed by atoms with Crippen molar-refractivity contribution in [3.05, 3.63) is 65.7 Å². The topological polar surface area (TPSA) is 52.6 Å². The zero-order chi connectivity index (χ0) is 21.8. The lowest BCUT2D eigenvalue weighted by atomic mass is 10.1. The average molecular weight is 434 g/mol. The van der Waals surface area contributed by atoms with Gasteiger partial charge in [0.1, 0.15) is 0 Å². The van der Waals surface area contributed by atoms with Crippen LogP contribution in [0.25, 0.3) is 0 Å². The van der Waals surface area contributed by atoms with Gasteiger partial charge in [0, 0.05) is 65.1 Å². The SMILES string of the molecule is CN=C(NCc1ccc(N2CC=CC2)cc1)N1CCN(Cc2ccc3c(c2)OCO3)CC1. The molecule has 1 N–H and O–H groups in total. The molecule has 5 rings (SSSR count). The molecule has 0 unspecified atom stereocenters. The van der Waals surface area contributed by atoms with Crippen LogP contribution in [0, 0.1) is 0 Å². The minimum atomic E-state index is 0.323. The summed E-state index contributed by atoms with van der Waals surface area (Å²) in [4.78, 5) is 11.7. The molecule has 2 aromatic rings. The number of ether oxygens (including phenoxy) is 2. The van der Waals surface area contributed by atoms with E-state index < -0.39 is 0 Å². The van der Waals surface area contributed by atoms with Crippen LogP contribution in [0.4, 0.5) is 5.69 Å². The van der Waals surface area contributed by atoms with Gasteiger partial charge in [0.05, 0.1) is 0 Å². The number of fused-ring (bicyclic) bond motifs is 1. The standard InChI is InChI=1S/C25H31N5O2/c1-26-25(27-17-20-4-7-22(8-5-20)29-10-2-3-11-29)30-14-12-28(13-15-30)18-21-6-9-23-24(16-21)32-19-31-23/h2-9,16H,10-15,17-19H2,1H3,(H,26,27). The van der Waals surface area contributed by atoms with E-state index in [2.05, 4.69) is 73.6 Å². The Kier molecular flexibility index (Phi) is 6.16. The molecule has 0 radical (unpaired) electrons. The van der Waals surface area contributed by atoms with Crippen molar-refractivity contribution in [1.29, 1.82) is 0 Å². The van der Waals surface area contributed by atoms with Crippen LogP contribution < -0.4 is 19.7 Å². The third-order valence-corrected chi connectivity index (χ3v) is 6.30. The normalized spacial score (nSPS) is 18.5. The zero-order valence-electron chi connectivity index (χ0n) is 18.7. The summed E-state index contributed by atoms with van der Waals surface area (Å²) in [5.74, 6) is 2.67. The van der Waals surface area contributed by atoms with Gasteiger partial charge in [-0.2, -0.15) is 0 Å². The van der Waals surface area contributed by atoms with Crippen LogP contribution in [0.2, 0.25) is 0 Å². The molecule has 0 aliphatic carbocycles. The molecule has 0 atom stereocenters. The molecule has 3 heterocycles. The summed E-state index contributed by atoms with van der Waals surface area (Å²) in [7, 11) is 1.87. The lowest BCUT2D eigenvalue weighted by Gasteiger charge is -2.36. The average Bonchev–Trinajstić information content (AvgIpc) is 3.53. The van der Waals surface area contributed by atoms with E-state index in [0.717, 1.165) is 69.8 Å². The number of hydrogen-bond donors (Lipinski definition) is 1. The Hall–Kier alpha value is -3.19. The lowest BCUT2D eigenvalue weighted by molar-refractivity contribution is 0.171. The van der Waals surface area contributed by atoms with Gasteiger partial charge in [-0.3, -0.25) is 9.89 Å². The van der Waals surface area contributed by atoms with Crippen molar-refractivity contribution < 1.29 is 9.47 Å². The molecule has 2 aromatic carbocycles. The number of nitrogens with zero attached hydrogens (tertiary/aromatic N) is 4. The first-order valence-electron chi connectivity index (χ1n) is 11.3. The predicted octanol–water partition coefficient (Wildman–Crippen LogP) is 2.68. The summed E-state index contributed by atoms with van der Waals surface area (Å²) in [5, 5.41) is 3.54. The van der Waals surface area contributed by atoms with Crippen molar-refractivity contribution in [2.45, 2.75) is 13.1 Å². The number of anilines is 1. The molecule has 3 aliphatic rings. The van der Waals surface area contributed by atoms with Crippen LogP contribution >= 0.6 is 0 Å². The quantitative estimate of drug-likeness (QED) is 0.445. The summed E-state index contributed by atoms with van der Waals surface area (Å²) in [5.41, 5.74) is 3.81. The number of guanidine groups is 1. The van der Waals surface area contributed by atoms with E-state index >= 15 is 0 Å². The van der Waals surface area contributed by atoms with E-state index in [0.29, 0.717) is 6.79 Å². The molecule has 0 spiro atoms. The summed E-state index contributed by atoms with van der Waals surface area (Å²) in [6, 6.07) is 15.1. The first kappa shape index (κ1) is 20.7. The van der Waals surface area contributed by atoms with Gasteiger partial charge in [-0.25, -0.2) is 0 Å². The third kappa shape index (κ3) is 4.67. The smallest absolute Gasteiger partial charge is 0.231 e. The molecule has 0 aromatic heterocycles. The Morgan fingerprint density at radius 2 is 1.62 bits per heavy atom. The van der Waals surface area contributed by atoms with Gasteiger partial charge in [0.25, 0.3) is 0 Å². The van der Waals surface area contributed by atoms with Gasteiger partial charge >= 0.3 is 0 Å². The van der Waals surface area contributed by atoms with Crippen LogP contribution in [0.15, 0.2) is 59.6 Å². The predicted molar refractivity (Wildman–Crippen MR) is 127 cm³/mol. The molecule has 0 bridgehead atoms. The maximum absolute atomic E-state index is 5.51. The minimum Gasteiger partial charge on any atom is -0.454 e. The van der Waals surface area contributed by atoms with E-state index in [1.165, 1.54) is 16.8 Å². The molecule has 1 fully saturated rings. The second-order valence-electron chi connectivity index (χ2n) is 8.39. The summed E-state index contributed by atoms with van der Waals surface area (Å²) in [6.45, 7) is 7.98. The highest BCUT2D eigenvalue weighted by atomic mass is 16.7. The molecular formula is C25H31N5O2. The molecule has 0 amide bonds. The summed E-state index contributed by atoms with van der Waals surface area (Å²) in [6.07, 6.45) is 4.43. The highest BCUT2D eigenvalue weighted by Crippen LogP contribution is 2.32. The second kappa shape index (κ2) is 9.53. The highest BCUT2D eigenvalue weighted by molar-refractivity contribution is 5.80. The Bertz CT molecular complexity index is 972. The Morgan fingerprint density at radius 1 is 0.906 bits per heavy atom. The number of aliphatic imine (C=N–C) groups is 1. The monoisotopic (exact) mass is 433 g/mol. The third-order valence-electron chi connectivity index (χ3n) is 6.30. The zero-order valence-corrected chi connectivity index (χ0v) is 18.7. The number of hydrogen-bond acceptors (Lipinski definition) is 5. The van der Waals surface area contributed by atoms with Crippen molar-refractivity contribution in [3.63, 3.8) is 0 Å².